The van der Waals surface area contributed by atoms with Gasteiger partial charge in [0.15, 0.2) is 0 Å². The first-order valence-electron chi connectivity index (χ1n) is 9.68. The zero-order valence-electron chi connectivity index (χ0n) is 16.9. The minimum atomic E-state index is -1.12. The summed E-state index contributed by atoms with van der Waals surface area (Å²) in [6, 6.07) is 16.3. The van der Waals surface area contributed by atoms with Gasteiger partial charge < -0.3 is 5.11 Å². The molecule has 156 valence electrons. The summed E-state index contributed by atoms with van der Waals surface area (Å²) in [5.41, 5.74) is 2.65. The molecular weight excluding hydrogens is 417 g/mol. The lowest BCUT2D eigenvalue weighted by atomic mass is 9.94. The average Bonchev–Trinajstić information content (AvgIpc) is 3.01. The molecule has 4 rings (SSSR count). The molecule has 1 unspecified atom stereocenters. The molecule has 1 aliphatic rings. The van der Waals surface area contributed by atoms with Crippen molar-refractivity contribution in [3.63, 3.8) is 0 Å². The van der Waals surface area contributed by atoms with E-state index in [1.807, 2.05) is 19.9 Å². The Morgan fingerprint density at radius 1 is 0.968 bits per heavy atom. The van der Waals surface area contributed by atoms with Gasteiger partial charge >= 0.3 is 0 Å². The van der Waals surface area contributed by atoms with Crippen LogP contribution in [0, 0.1) is 19.7 Å². The van der Waals surface area contributed by atoms with E-state index in [1.54, 1.807) is 42.5 Å². The summed E-state index contributed by atoms with van der Waals surface area (Å²) in [7, 11) is 0. The molecule has 3 aromatic carbocycles. The molecule has 0 radical (unpaired) electrons. The maximum absolute atomic E-state index is 14.8. The fourth-order valence-corrected chi connectivity index (χ4v) is 3.86. The molecule has 1 atom stereocenters. The SMILES string of the molecule is Cc1ccc(/C(O)=C2\C(=O)C(=O)N(c3ccc(Cl)cc3)C2c2ccccc2F)cc1C. The highest BCUT2D eigenvalue weighted by Crippen LogP contribution is 2.43. The number of carbonyl (C=O) groups is 2. The monoisotopic (exact) mass is 435 g/mol. The van der Waals surface area contributed by atoms with Crippen molar-refractivity contribution in [3.8, 4) is 0 Å². The predicted molar refractivity (Wildman–Crippen MR) is 119 cm³/mol. The fourth-order valence-electron chi connectivity index (χ4n) is 3.74. The van der Waals surface area contributed by atoms with Crippen LogP contribution >= 0.6 is 11.6 Å². The number of aliphatic hydroxyl groups is 1. The van der Waals surface area contributed by atoms with E-state index in [-0.39, 0.29) is 16.9 Å². The summed E-state index contributed by atoms with van der Waals surface area (Å²) in [5.74, 6) is -2.65. The largest absolute Gasteiger partial charge is 0.507 e. The van der Waals surface area contributed by atoms with Crippen LogP contribution in [0.3, 0.4) is 0 Å². The first-order valence-corrected chi connectivity index (χ1v) is 10.1. The molecule has 0 saturated carbocycles. The summed E-state index contributed by atoms with van der Waals surface area (Å²) >= 11 is 5.97. The van der Waals surface area contributed by atoms with E-state index >= 15 is 0 Å². The van der Waals surface area contributed by atoms with Crippen molar-refractivity contribution in [2.75, 3.05) is 4.90 Å². The Bertz CT molecular complexity index is 1230. The minimum absolute atomic E-state index is 0.113. The topological polar surface area (TPSA) is 57.6 Å². The number of hydrogen-bond donors (Lipinski definition) is 1. The normalized spacial score (nSPS) is 17.9. The zero-order chi connectivity index (χ0) is 22.3. The fraction of sp³-hybridized carbons (Fsp3) is 0.120. The smallest absolute Gasteiger partial charge is 0.300 e. The zero-order valence-corrected chi connectivity index (χ0v) is 17.7. The van der Waals surface area contributed by atoms with Gasteiger partial charge in [-0.15, -0.1) is 0 Å². The van der Waals surface area contributed by atoms with Gasteiger partial charge in [-0.2, -0.15) is 0 Å². The first-order chi connectivity index (χ1) is 14.8. The van der Waals surface area contributed by atoms with Crippen LogP contribution in [0.2, 0.25) is 5.02 Å². The van der Waals surface area contributed by atoms with Gasteiger partial charge in [-0.3, -0.25) is 14.5 Å². The molecule has 0 bridgehead atoms. The Kier molecular flexibility index (Phi) is 5.38. The van der Waals surface area contributed by atoms with E-state index in [4.69, 9.17) is 11.6 Å². The van der Waals surface area contributed by atoms with Gasteiger partial charge in [-0.05, 0) is 61.4 Å². The summed E-state index contributed by atoms with van der Waals surface area (Å²) < 4.78 is 14.8. The molecule has 1 N–H and O–H groups in total. The average molecular weight is 436 g/mol. The van der Waals surface area contributed by atoms with Gasteiger partial charge in [0.05, 0.1) is 11.6 Å². The highest BCUT2D eigenvalue weighted by Gasteiger charge is 2.47. The second kappa shape index (κ2) is 8.00. The van der Waals surface area contributed by atoms with E-state index in [0.717, 1.165) is 11.1 Å². The van der Waals surface area contributed by atoms with Crippen LogP contribution in [-0.2, 0) is 9.59 Å². The van der Waals surface area contributed by atoms with Gasteiger partial charge in [0.1, 0.15) is 11.6 Å². The number of ketones is 1. The van der Waals surface area contributed by atoms with Crippen molar-refractivity contribution in [1.82, 2.24) is 0 Å². The number of benzene rings is 3. The Balaban J connectivity index is 1.97. The lowest BCUT2D eigenvalue weighted by Crippen LogP contribution is -2.29. The van der Waals surface area contributed by atoms with Crippen LogP contribution in [0.15, 0.2) is 72.3 Å². The number of carbonyl (C=O) groups excluding carboxylic acids is 2. The van der Waals surface area contributed by atoms with Crippen molar-refractivity contribution in [3.05, 3.63) is 105 Å². The summed E-state index contributed by atoms with van der Waals surface area (Å²) in [5, 5.41) is 11.5. The lowest BCUT2D eigenvalue weighted by Gasteiger charge is -2.25. The van der Waals surface area contributed by atoms with Crippen molar-refractivity contribution in [2.24, 2.45) is 0 Å². The Morgan fingerprint density at radius 2 is 1.65 bits per heavy atom. The number of halogens is 2. The van der Waals surface area contributed by atoms with E-state index < -0.39 is 23.5 Å². The standard InChI is InChI=1S/C25H19ClFNO3/c1-14-7-8-16(13-15(14)2)23(29)21-22(19-5-3-4-6-20(19)27)28(25(31)24(21)30)18-11-9-17(26)10-12-18/h3-13,22,29H,1-2H3/b23-21+. The Hall–Kier alpha value is -3.44. The van der Waals surface area contributed by atoms with E-state index in [1.165, 1.54) is 23.1 Å². The number of hydrogen-bond acceptors (Lipinski definition) is 3. The van der Waals surface area contributed by atoms with Crippen LogP contribution in [0.1, 0.15) is 28.3 Å². The molecule has 0 spiro atoms. The second-order valence-corrected chi connectivity index (χ2v) is 7.90. The third-order valence-electron chi connectivity index (χ3n) is 5.53. The summed E-state index contributed by atoms with van der Waals surface area (Å²) in [6.45, 7) is 3.81. The maximum Gasteiger partial charge on any atom is 0.300 e. The summed E-state index contributed by atoms with van der Waals surface area (Å²) in [6.07, 6.45) is 0. The molecule has 0 aliphatic carbocycles. The lowest BCUT2D eigenvalue weighted by molar-refractivity contribution is -0.132. The molecule has 1 saturated heterocycles. The molecule has 31 heavy (non-hydrogen) atoms. The number of nitrogens with zero attached hydrogens (tertiary/aromatic N) is 1. The van der Waals surface area contributed by atoms with Crippen molar-refractivity contribution in [1.29, 1.82) is 0 Å². The van der Waals surface area contributed by atoms with Gasteiger partial charge in [0, 0.05) is 21.8 Å². The number of aliphatic hydroxyl groups excluding tert-OH is 1. The molecule has 1 aliphatic heterocycles. The molecular formula is C25H19ClFNO3. The second-order valence-electron chi connectivity index (χ2n) is 7.47. The number of anilines is 1. The van der Waals surface area contributed by atoms with E-state index in [2.05, 4.69) is 0 Å². The molecule has 3 aromatic rings. The van der Waals surface area contributed by atoms with Crippen LogP contribution in [0.25, 0.3) is 5.76 Å². The highest BCUT2D eigenvalue weighted by atomic mass is 35.5. The Morgan fingerprint density at radius 3 is 2.29 bits per heavy atom. The number of amides is 1. The molecule has 6 heteroatoms. The number of rotatable bonds is 3. The maximum atomic E-state index is 14.8. The third-order valence-corrected chi connectivity index (χ3v) is 5.78. The van der Waals surface area contributed by atoms with Crippen molar-refractivity contribution >= 4 is 34.7 Å². The third kappa shape index (κ3) is 3.62. The number of aryl methyl sites for hydroxylation is 2. The molecule has 1 amide bonds. The van der Waals surface area contributed by atoms with Crippen molar-refractivity contribution in [2.45, 2.75) is 19.9 Å². The molecule has 1 fully saturated rings. The van der Waals surface area contributed by atoms with Gasteiger partial charge in [0.2, 0.25) is 0 Å². The summed E-state index contributed by atoms with van der Waals surface area (Å²) in [4.78, 5) is 27.3. The van der Waals surface area contributed by atoms with Gasteiger partial charge in [-0.25, -0.2) is 4.39 Å². The van der Waals surface area contributed by atoms with E-state index in [9.17, 15) is 19.1 Å². The number of Topliss-reactive ketones (excluding diaryl/α,β-unsaturated/α-hetero) is 1. The molecule has 4 nitrogen and oxygen atoms in total. The minimum Gasteiger partial charge on any atom is -0.507 e. The first kappa shape index (κ1) is 20.8. The molecule has 1 heterocycles. The van der Waals surface area contributed by atoms with E-state index in [0.29, 0.717) is 16.3 Å². The molecule has 0 aromatic heterocycles. The van der Waals surface area contributed by atoms with Gasteiger partial charge in [0.25, 0.3) is 11.7 Å². The predicted octanol–water partition coefficient (Wildman–Crippen LogP) is 5.72. The van der Waals surface area contributed by atoms with Gasteiger partial charge in [-0.1, -0.05) is 41.9 Å². The van der Waals surface area contributed by atoms with Crippen LogP contribution in [0.5, 0.6) is 0 Å². The quantitative estimate of drug-likeness (QED) is 0.325. The van der Waals surface area contributed by atoms with Crippen LogP contribution < -0.4 is 4.90 Å². The highest BCUT2D eigenvalue weighted by molar-refractivity contribution is 6.51. The van der Waals surface area contributed by atoms with Crippen LogP contribution in [0.4, 0.5) is 10.1 Å². The van der Waals surface area contributed by atoms with Crippen LogP contribution in [-0.4, -0.2) is 16.8 Å². The van der Waals surface area contributed by atoms with Crippen molar-refractivity contribution < 1.29 is 19.1 Å². The Labute approximate surface area is 184 Å².